The smallest absolute Gasteiger partial charge is 0.124 e. The van der Waals surface area contributed by atoms with E-state index in [1.807, 2.05) is 19.2 Å². The van der Waals surface area contributed by atoms with Gasteiger partial charge >= 0.3 is 0 Å². The standard InChI is InChI=1S/C13H19NO2/c1-8-7-9(14-2)13-11(16-4)6-5-10(15-3)12(8)13/h5-6,8-9,14H,7H2,1-4H3. The fourth-order valence-electron chi connectivity index (χ4n) is 2.67. The third-order valence-corrected chi connectivity index (χ3v) is 3.43. The van der Waals surface area contributed by atoms with Gasteiger partial charge in [-0.25, -0.2) is 0 Å². The van der Waals surface area contributed by atoms with Crippen molar-refractivity contribution in [3.05, 3.63) is 23.3 Å². The normalized spacial score (nSPS) is 23.0. The highest BCUT2D eigenvalue weighted by Gasteiger charge is 2.32. The van der Waals surface area contributed by atoms with Crippen LogP contribution >= 0.6 is 0 Å². The SMILES string of the molecule is CNC1CC(C)c2c(OC)ccc(OC)c21. The Morgan fingerprint density at radius 1 is 1.12 bits per heavy atom. The quantitative estimate of drug-likeness (QED) is 0.850. The van der Waals surface area contributed by atoms with Crippen LogP contribution in [0, 0.1) is 0 Å². The zero-order valence-corrected chi connectivity index (χ0v) is 10.3. The Bertz CT molecular complexity index is 390. The predicted molar refractivity (Wildman–Crippen MR) is 64.4 cm³/mol. The number of hydrogen-bond acceptors (Lipinski definition) is 3. The molecule has 2 rings (SSSR count). The van der Waals surface area contributed by atoms with Crippen molar-refractivity contribution in [2.24, 2.45) is 0 Å². The molecule has 1 aromatic carbocycles. The Kier molecular flexibility index (Phi) is 3.06. The number of rotatable bonds is 3. The molecule has 0 fully saturated rings. The molecule has 2 atom stereocenters. The third kappa shape index (κ3) is 1.55. The van der Waals surface area contributed by atoms with Gasteiger partial charge in [-0.1, -0.05) is 6.92 Å². The van der Waals surface area contributed by atoms with E-state index in [1.165, 1.54) is 11.1 Å². The van der Waals surface area contributed by atoms with Crippen LogP contribution < -0.4 is 14.8 Å². The van der Waals surface area contributed by atoms with Crippen LogP contribution in [0.2, 0.25) is 0 Å². The van der Waals surface area contributed by atoms with Gasteiger partial charge in [0, 0.05) is 17.2 Å². The molecule has 1 aliphatic rings. The van der Waals surface area contributed by atoms with Crippen LogP contribution in [0.5, 0.6) is 11.5 Å². The van der Waals surface area contributed by atoms with Gasteiger partial charge in [0.15, 0.2) is 0 Å². The van der Waals surface area contributed by atoms with Crippen molar-refractivity contribution in [3.8, 4) is 11.5 Å². The fourth-order valence-corrected chi connectivity index (χ4v) is 2.67. The maximum Gasteiger partial charge on any atom is 0.124 e. The molecule has 0 saturated carbocycles. The average Bonchev–Trinajstić information content (AvgIpc) is 2.66. The minimum absolute atomic E-state index is 0.370. The summed E-state index contributed by atoms with van der Waals surface area (Å²) in [5.74, 6) is 2.44. The van der Waals surface area contributed by atoms with E-state index in [2.05, 4.69) is 12.2 Å². The molecule has 16 heavy (non-hydrogen) atoms. The molecular weight excluding hydrogens is 202 g/mol. The van der Waals surface area contributed by atoms with Crippen LogP contribution in [0.4, 0.5) is 0 Å². The first-order chi connectivity index (χ1) is 7.72. The molecule has 1 aromatic rings. The molecule has 2 unspecified atom stereocenters. The summed E-state index contributed by atoms with van der Waals surface area (Å²) in [5.41, 5.74) is 2.55. The Hall–Kier alpha value is -1.22. The lowest BCUT2D eigenvalue weighted by atomic mass is 10.0. The highest BCUT2D eigenvalue weighted by Crippen LogP contribution is 2.48. The number of fused-ring (bicyclic) bond motifs is 1. The number of ether oxygens (including phenoxy) is 2. The Balaban J connectivity index is 2.59. The van der Waals surface area contributed by atoms with Crippen LogP contribution in [0.25, 0.3) is 0 Å². The van der Waals surface area contributed by atoms with Gasteiger partial charge in [0.1, 0.15) is 11.5 Å². The van der Waals surface area contributed by atoms with Crippen LogP contribution in [-0.2, 0) is 0 Å². The highest BCUT2D eigenvalue weighted by atomic mass is 16.5. The first kappa shape index (κ1) is 11.3. The molecule has 0 saturated heterocycles. The molecule has 0 aromatic heterocycles. The van der Waals surface area contributed by atoms with Gasteiger partial charge < -0.3 is 14.8 Å². The van der Waals surface area contributed by atoms with Crippen molar-refractivity contribution in [1.29, 1.82) is 0 Å². The molecule has 1 aliphatic carbocycles. The summed E-state index contributed by atoms with van der Waals surface area (Å²) in [7, 11) is 5.44. The van der Waals surface area contributed by atoms with Crippen molar-refractivity contribution in [2.45, 2.75) is 25.3 Å². The van der Waals surface area contributed by atoms with Gasteiger partial charge in [-0.05, 0) is 31.5 Å². The van der Waals surface area contributed by atoms with Gasteiger partial charge in [-0.2, -0.15) is 0 Å². The third-order valence-electron chi connectivity index (χ3n) is 3.43. The Morgan fingerprint density at radius 3 is 2.19 bits per heavy atom. The predicted octanol–water partition coefficient (Wildman–Crippen LogP) is 2.47. The van der Waals surface area contributed by atoms with E-state index < -0.39 is 0 Å². The molecular formula is C13H19NO2. The summed E-state index contributed by atoms with van der Waals surface area (Å²) in [6, 6.07) is 4.35. The minimum atomic E-state index is 0.370. The zero-order chi connectivity index (χ0) is 11.7. The maximum atomic E-state index is 5.44. The van der Waals surface area contributed by atoms with Gasteiger partial charge in [0.25, 0.3) is 0 Å². The highest BCUT2D eigenvalue weighted by molar-refractivity contribution is 5.54. The molecule has 0 amide bonds. The molecule has 0 aliphatic heterocycles. The topological polar surface area (TPSA) is 30.5 Å². The summed E-state index contributed by atoms with van der Waals surface area (Å²) >= 11 is 0. The van der Waals surface area contributed by atoms with Crippen LogP contribution in [-0.4, -0.2) is 21.3 Å². The van der Waals surface area contributed by atoms with Crippen LogP contribution in [0.3, 0.4) is 0 Å². The molecule has 1 N–H and O–H groups in total. The first-order valence-corrected chi connectivity index (χ1v) is 5.65. The number of hydrogen-bond donors (Lipinski definition) is 1. The van der Waals surface area contributed by atoms with E-state index in [0.29, 0.717) is 12.0 Å². The minimum Gasteiger partial charge on any atom is -0.496 e. The van der Waals surface area contributed by atoms with E-state index in [1.54, 1.807) is 14.2 Å². The van der Waals surface area contributed by atoms with Gasteiger partial charge in [0.2, 0.25) is 0 Å². The summed E-state index contributed by atoms with van der Waals surface area (Å²) in [4.78, 5) is 0. The summed E-state index contributed by atoms with van der Waals surface area (Å²) in [6.45, 7) is 2.23. The van der Waals surface area contributed by atoms with Crippen LogP contribution in [0.1, 0.15) is 36.4 Å². The molecule has 0 heterocycles. The van der Waals surface area contributed by atoms with Crippen molar-refractivity contribution in [3.63, 3.8) is 0 Å². The Labute approximate surface area is 96.8 Å². The van der Waals surface area contributed by atoms with Crippen molar-refractivity contribution in [2.75, 3.05) is 21.3 Å². The van der Waals surface area contributed by atoms with Crippen molar-refractivity contribution >= 4 is 0 Å². The van der Waals surface area contributed by atoms with Crippen molar-refractivity contribution < 1.29 is 9.47 Å². The largest absolute Gasteiger partial charge is 0.496 e. The fraction of sp³-hybridized carbons (Fsp3) is 0.538. The lowest BCUT2D eigenvalue weighted by Crippen LogP contribution is -2.14. The van der Waals surface area contributed by atoms with E-state index in [-0.39, 0.29) is 0 Å². The van der Waals surface area contributed by atoms with Gasteiger partial charge in [-0.3, -0.25) is 0 Å². The van der Waals surface area contributed by atoms with E-state index >= 15 is 0 Å². The molecule has 0 bridgehead atoms. The molecule has 3 nitrogen and oxygen atoms in total. The second kappa shape index (κ2) is 4.34. The second-order valence-corrected chi connectivity index (χ2v) is 4.28. The molecule has 0 radical (unpaired) electrons. The zero-order valence-electron chi connectivity index (χ0n) is 10.3. The Morgan fingerprint density at radius 2 is 1.69 bits per heavy atom. The first-order valence-electron chi connectivity index (χ1n) is 5.65. The molecule has 3 heteroatoms. The van der Waals surface area contributed by atoms with Crippen molar-refractivity contribution in [1.82, 2.24) is 5.32 Å². The number of nitrogens with one attached hydrogen (secondary N) is 1. The van der Waals surface area contributed by atoms with Crippen LogP contribution in [0.15, 0.2) is 12.1 Å². The lowest BCUT2D eigenvalue weighted by molar-refractivity contribution is 0.394. The monoisotopic (exact) mass is 221 g/mol. The maximum absolute atomic E-state index is 5.44. The summed E-state index contributed by atoms with van der Waals surface area (Å²) < 4.78 is 10.9. The van der Waals surface area contributed by atoms with Gasteiger partial charge in [0.05, 0.1) is 14.2 Å². The summed E-state index contributed by atoms with van der Waals surface area (Å²) in [6.07, 6.45) is 1.10. The lowest BCUT2D eigenvalue weighted by Gasteiger charge is -2.16. The molecule has 0 spiro atoms. The average molecular weight is 221 g/mol. The van der Waals surface area contributed by atoms with Gasteiger partial charge in [-0.15, -0.1) is 0 Å². The van der Waals surface area contributed by atoms with E-state index in [4.69, 9.17) is 9.47 Å². The second-order valence-electron chi connectivity index (χ2n) is 4.28. The summed E-state index contributed by atoms with van der Waals surface area (Å²) in [5, 5.41) is 3.34. The molecule has 88 valence electrons. The number of methoxy groups -OCH3 is 2. The van der Waals surface area contributed by atoms with E-state index in [0.717, 1.165) is 17.9 Å². The van der Waals surface area contributed by atoms with E-state index in [9.17, 15) is 0 Å². The number of benzene rings is 1.